The SMILES string of the molecule is Cc1cc(-c2cccc(C(=O)CC(=O)Nc3ccc(Cl)c(C)c3)c2)ccn1. The molecule has 0 aliphatic heterocycles. The molecule has 3 aromatic rings. The number of anilines is 1. The van der Waals surface area contributed by atoms with Gasteiger partial charge < -0.3 is 5.32 Å². The first-order chi connectivity index (χ1) is 12.9. The molecule has 136 valence electrons. The normalized spacial score (nSPS) is 10.5. The number of pyridine rings is 1. The van der Waals surface area contributed by atoms with Gasteiger partial charge in [0.2, 0.25) is 5.91 Å². The van der Waals surface area contributed by atoms with Crippen molar-refractivity contribution in [3.63, 3.8) is 0 Å². The lowest BCUT2D eigenvalue weighted by atomic mass is 10.0. The van der Waals surface area contributed by atoms with Gasteiger partial charge in [0, 0.05) is 28.2 Å². The summed E-state index contributed by atoms with van der Waals surface area (Å²) in [5, 5.41) is 3.37. The van der Waals surface area contributed by atoms with Gasteiger partial charge in [-0.25, -0.2) is 0 Å². The van der Waals surface area contributed by atoms with Crippen LogP contribution in [0, 0.1) is 13.8 Å². The Labute approximate surface area is 163 Å². The average Bonchev–Trinajstić information content (AvgIpc) is 2.65. The molecule has 0 spiro atoms. The molecule has 5 heteroatoms. The monoisotopic (exact) mass is 378 g/mol. The molecule has 0 aliphatic carbocycles. The number of rotatable bonds is 5. The fourth-order valence-corrected chi connectivity index (χ4v) is 2.89. The van der Waals surface area contributed by atoms with Crippen LogP contribution in [0.3, 0.4) is 0 Å². The second kappa shape index (κ2) is 8.14. The van der Waals surface area contributed by atoms with Gasteiger partial charge in [0.1, 0.15) is 0 Å². The summed E-state index contributed by atoms with van der Waals surface area (Å²) >= 11 is 5.99. The quantitative estimate of drug-likeness (QED) is 0.488. The van der Waals surface area contributed by atoms with Gasteiger partial charge in [-0.15, -0.1) is 0 Å². The van der Waals surface area contributed by atoms with Crippen molar-refractivity contribution in [2.75, 3.05) is 5.32 Å². The van der Waals surface area contributed by atoms with Crippen molar-refractivity contribution in [1.82, 2.24) is 4.98 Å². The maximum Gasteiger partial charge on any atom is 0.232 e. The fraction of sp³-hybridized carbons (Fsp3) is 0.136. The largest absolute Gasteiger partial charge is 0.326 e. The molecule has 2 aromatic carbocycles. The summed E-state index contributed by atoms with van der Waals surface area (Å²) in [6, 6.07) is 16.3. The summed E-state index contributed by atoms with van der Waals surface area (Å²) in [5.74, 6) is -0.585. The van der Waals surface area contributed by atoms with Crippen LogP contribution in [-0.4, -0.2) is 16.7 Å². The van der Waals surface area contributed by atoms with E-state index >= 15 is 0 Å². The number of hydrogen-bond acceptors (Lipinski definition) is 3. The molecule has 0 unspecified atom stereocenters. The molecule has 27 heavy (non-hydrogen) atoms. The van der Waals surface area contributed by atoms with E-state index in [1.54, 1.807) is 36.5 Å². The minimum absolute atomic E-state index is 0.222. The van der Waals surface area contributed by atoms with Crippen molar-refractivity contribution < 1.29 is 9.59 Å². The van der Waals surface area contributed by atoms with Crippen LogP contribution in [0.25, 0.3) is 11.1 Å². The third-order valence-corrected chi connectivity index (χ3v) is 4.60. The van der Waals surface area contributed by atoms with Crippen molar-refractivity contribution in [2.45, 2.75) is 20.3 Å². The van der Waals surface area contributed by atoms with E-state index in [4.69, 9.17) is 11.6 Å². The van der Waals surface area contributed by atoms with Crippen molar-refractivity contribution in [1.29, 1.82) is 0 Å². The molecule has 3 rings (SSSR count). The smallest absolute Gasteiger partial charge is 0.232 e. The second-order valence-corrected chi connectivity index (χ2v) is 6.79. The molecule has 1 N–H and O–H groups in total. The van der Waals surface area contributed by atoms with Crippen LogP contribution >= 0.6 is 11.6 Å². The zero-order chi connectivity index (χ0) is 19.4. The highest BCUT2D eigenvalue weighted by atomic mass is 35.5. The summed E-state index contributed by atoms with van der Waals surface area (Å²) in [6.45, 7) is 3.77. The first kappa shape index (κ1) is 18.8. The number of amides is 1. The van der Waals surface area contributed by atoms with Crippen LogP contribution < -0.4 is 5.32 Å². The number of ketones is 1. The van der Waals surface area contributed by atoms with Gasteiger partial charge in [-0.1, -0.05) is 29.8 Å². The zero-order valence-corrected chi connectivity index (χ0v) is 15.9. The van der Waals surface area contributed by atoms with Crippen LogP contribution in [-0.2, 0) is 4.79 Å². The maximum atomic E-state index is 12.5. The van der Waals surface area contributed by atoms with Crippen molar-refractivity contribution in [2.24, 2.45) is 0 Å². The molecule has 1 amide bonds. The predicted octanol–water partition coefficient (Wildman–Crippen LogP) is 5.23. The van der Waals surface area contributed by atoms with E-state index in [0.717, 1.165) is 22.4 Å². The summed E-state index contributed by atoms with van der Waals surface area (Å²) in [6.07, 6.45) is 1.52. The molecule has 1 heterocycles. The Morgan fingerprint density at radius 1 is 1.00 bits per heavy atom. The highest BCUT2D eigenvalue weighted by Gasteiger charge is 2.13. The number of nitrogens with zero attached hydrogens (tertiary/aromatic N) is 1. The fourth-order valence-electron chi connectivity index (χ4n) is 2.77. The Morgan fingerprint density at radius 2 is 1.78 bits per heavy atom. The standard InChI is InChI=1S/C22H19ClN2O2/c1-14-10-19(6-7-20(14)23)25-22(27)13-21(26)18-5-3-4-16(12-18)17-8-9-24-15(2)11-17/h3-12H,13H2,1-2H3,(H,25,27). The highest BCUT2D eigenvalue weighted by Crippen LogP contribution is 2.22. The molecule has 0 bridgehead atoms. The van der Waals surface area contributed by atoms with E-state index < -0.39 is 0 Å². The average molecular weight is 379 g/mol. The lowest BCUT2D eigenvalue weighted by Gasteiger charge is -2.08. The zero-order valence-electron chi connectivity index (χ0n) is 15.1. The Hall–Kier alpha value is -2.98. The van der Waals surface area contributed by atoms with Gasteiger partial charge in [-0.3, -0.25) is 14.6 Å². The Balaban J connectivity index is 1.71. The van der Waals surface area contributed by atoms with E-state index in [2.05, 4.69) is 10.3 Å². The Kier molecular flexibility index (Phi) is 5.67. The molecule has 0 radical (unpaired) electrons. The van der Waals surface area contributed by atoms with E-state index in [1.165, 1.54) is 0 Å². The summed E-state index contributed by atoms with van der Waals surface area (Å²) in [5.41, 5.74) is 4.79. The third kappa shape index (κ3) is 4.80. The van der Waals surface area contributed by atoms with E-state index in [0.29, 0.717) is 16.3 Å². The van der Waals surface area contributed by atoms with Crippen molar-refractivity contribution in [3.05, 3.63) is 82.6 Å². The number of benzene rings is 2. The van der Waals surface area contributed by atoms with Gasteiger partial charge >= 0.3 is 0 Å². The van der Waals surface area contributed by atoms with Crippen molar-refractivity contribution >= 4 is 29.0 Å². The number of halogens is 1. The molecule has 1 aromatic heterocycles. The van der Waals surface area contributed by atoms with Crippen LogP contribution in [0.1, 0.15) is 28.0 Å². The van der Waals surface area contributed by atoms with Gasteiger partial charge in [0.25, 0.3) is 0 Å². The van der Waals surface area contributed by atoms with Gasteiger partial charge in [-0.2, -0.15) is 0 Å². The molecular formula is C22H19ClN2O2. The predicted molar refractivity (Wildman–Crippen MR) is 108 cm³/mol. The van der Waals surface area contributed by atoms with Crippen LogP contribution in [0.2, 0.25) is 5.02 Å². The van der Waals surface area contributed by atoms with E-state index in [-0.39, 0.29) is 18.1 Å². The third-order valence-electron chi connectivity index (χ3n) is 4.18. The molecule has 0 saturated heterocycles. The van der Waals surface area contributed by atoms with Crippen LogP contribution in [0.5, 0.6) is 0 Å². The highest BCUT2D eigenvalue weighted by molar-refractivity contribution is 6.31. The second-order valence-electron chi connectivity index (χ2n) is 6.38. The number of carbonyl (C=O) groups is 2. The summed E-state index contributed by atoms with van der Waals surface area (Å²) in [7, 11) is 0. The van der Waals surface area contributed by atoms with E-state index in [9.17, 15) is 9.59 Å². The Bertz CT molecular complexity index is 1010. The molecular weight excluding hydrogens is 360 g/mol. The molecule has 0 aliphatic rings. The summed E-state index contributed by atoms with van der Waals surface area (Å²) < 4.78 is 0. The lowest BCUT2D eigenvalue weighted by Crippen LogP contribution is -2.16. The van der Waals surface area contributed by atoms with Gasteiger partial charge in [0.05, 0.1) is 6.42 Å². The topological polar surface area (TPSA) is 59.1 Å². The van der Waals surface area contributed by atoms with E-state index in [1.807, 2.05) is 38.1 Å². The molecule has 0 atom stereocenters. The van der Waals surface area contributed by atoms with Gasteiger partial charge in [0.15, 0.2) is 5.78 Å². The van der Waals surface area contributed by atoms with Crippen LogP contribution in [0.4, 0.5) is 5.69 Å². The number of carbonyl (C=O) groups excluding carboxylic acids is 2. The van der Waals surface area contributed by atoms with Crippen LogP contribution in [0.15, 0.2) is 60.8 Å². The lowest BCUT2D eigenvalue weighted by molar-refractivity contribution is -0.115. The first-order valence-corrected chi connectivity index (χ1v) is 8.92. The minimum Gasteiger partial charge on any atom is -0.326 e. The first-order valence-electron chi connectivity index (χ1n) is 8.54. The number of aryl methyl sites for hydroxylation is 2. The number of nitrogens with one attached hydrogen (secondary N) is 1. The molecule has 0 fully saturated rings. The van der Waals surface area contributed by atoms with Gasteiger partial charge in [-0.05, 0) is 66.9 Å². The Morgan fingerprint density at radius 3 is 2.52 bits per heavy atom. The molecule has 4 nitrogen and oxygen atoms in total. The molecule has 0 saturated carbocycles. The number of aromatic nitrogens is 1. The maximum absolute atomic E-state index is 12.5. The summed E-state index contributed by atoms with van der Waals surface area (Å²) in [4.78, 5) is 28.9. The van der Waals surface area contributed by atoms with Crippen molar-refractivity contribution in [3.8, 4) is 11.1 Å². The number of Topliss-reactive ketones (excluding diaryl/α,β-unsaturated/α-hetero) is 1. The minimum atomic E-state index is -0.355. The number of hydrogen-bond donors (Lipinski definition) is 1.